The molecular weight excluding hydrogens is 424 g/mol. The van der Waals surface area contributed by atoms with Crippen molar-refractivity contribution < 1.29 is 4.42 Å². The van der Waals surface area contributed by atoms with E-state index in [9.17, 15) is 4.79 Å². The Morgan fingerprint density at radius 2 is 1.86 bits per heavy atom. The van der Waals surface area contributed by atoms with E-state index in [1.165, 1.54) is 6.20 Å². The van der Waals surface area contributed by atoms with Gasteiger partial charge >= 0.3 is 0 Å². The van der Waals surface area contributed by atoms with Crippen LogP contribution in [0.15, 0.2) is 74.7 Å². The Morgan fingerprint density at radius 3 is 2.71 bits per heavy atom. The summed E-state index contributed by atoms with van der Waals surface area (Å²) in [6.45, 7) is 0. The van der Waals surface area contributed by atoms with Crippen molar-refractivity contribution in [1.82, 2.24) is 24.6 Å². The summed E-state index contributed by atoms with van der Waals surface area (Å²) >= 11 is 3.29. The molecule has 4 aromatic heterocycles. The van der Waals surface area contributed by atoms with Crippen LogP contribution in [0, 0.1) is 0 Å². The first-order valence-electron chi connectivity index (χ1n) is 8.33. The number of benzene rings is 1. The van der Waals surface area contributed by atoms with Crippen molar-refractivity contribution >= 4 is 44.1 Å². The third kappa shape index (κ3) is 2.81. The average molecular weight is 435 g/mol. The van der Waals surface area contributed by atoms with Crippen molar-refractivity contribution in [2.75, 3.05) is 5.32 Å². The molecule has 4 heterocycles. The van der Waals surface area contributed by atoms with Gasteiger partial charge in [0.1, 0.15) is 5.69 Å². The van der Waals surface area contributed by atoms with Gasteiger partial charge in [-0.15, -0.1) is 5.10 Å². The zero-order valence-electron chi connectivity index (χ0n) is 14.2. The van der Waals surface area contributed by atoms with Crippen LogP contribution in [0.3, 0.4) is 0 Å². The zero-order valence-corrected chi connectivity index (χ0v) is 15.8. The van der Waals surface area contributed by atoms with E-state index in [1.54, 1.807) is 34.8 Å². The van der Waals surface area contributed by atoms with Gasteiger partial charge in [-0.05, 0) is 52.3 Å². The number of para-hydroxylation sites is 1. The summed E-state index contributed by atoms with van der Waals surface area (Å²) in [5.74, 6) is 1.28. The number of aromatic nitrogens is 5. The van der Waals surface area contributed by atoms with Crippen LogP contribution in [-0.4, -0.2) is 24.6 Å². The van der Waals surface area contributed by atoms with E-state index in [0.717, 1.165) is 10.9 Å². The lowest BCUT2D eigenvalue weighted by molar-refractivity contribution is 0.551. The van der Waals surface area contributed by atoms with Gasteiger partial charge in [-0.1, -0.05) is 18.2 Å². The van der Waals surface area contributed by atoms with Crippen LogP contribution < -0.4 is 10.9 Å². The number of halogens is 1. The maximum atomic E-state index is 12.2. The lowest BCUT2D eigenvalue weighted by atomic mass is 10.2. The van der Waals surface area contributed by atoms with Gasteiger partial charge in [0.2, 0.25) is 11.8 Å². The van der Waals surface area contributed by atoms with Crippen molar-refractivity contribution in [2.45, 2.75) is 0 Å². The summed E-state index contributed by atoms with van der Waals surface area (Å²) in [4.78, 5) is 25.3. The summed E-state index contributed by atoms with van der Waals surface area (Å²) in [5.41, 5.74) is 1.20. The summed E-state index contributed by atoms with van der Waals surface area (Å²) in [6, 6.07) is 16.2. The molecule has 0 saturated carbocycles. The number of anilines is 2. The molecule has 1 N–H and O–H groups in total. The number of hydrogen-bond acceptors (Lipinski definition) is 7. The number of fused-ring (bicyclic) bond motifs is 3. The molecule has 0 aliphatic rings. The molecule has 0 unspecified atom stereocenters. The monoisotopic (exact) mass is 434 g/mol. The molecule has 5 rings (SSSR count). The molecule has 0 fully saturated rings. The highest BCUT2D eigenvalue weighted by Crippen LogP contribution is 2.27. The van der Waals surface area contributed by atoms with Crippen molar-refractivity contribution in [1.29, 1.82) is 0 Å². The first kappa shape index (κ1) is 16.6. The quantitative estimate of drug-likeness (QED) is 0.460. The first-order chi connectivity index (χ1) is 13.7. The molecule has 0 atom stereocenters. The predicted molar refractivity (Wildman–Crippen MR) is 107 cm³/mol. The Kier molecular flexibility index (Phi) is 3.87. The SMILES string of the molecule is O=c1nccccc1Nc1nc2ccccc2c2nc(-c3ccc(Br)o3)nn12. The predicted octanol–water partition coefficient (Wildman–Crippen LogP) is 3.80. The van der Waals surface area contributed by atoms with E-state index in [4.69, 9.17) is 4.42 Å². The molecule has 1 aromatic carbocycles. The second-order valence-corrected chi connectivity index (χ2v) is 6.68. The standard InChI is InChI=1S/C19H11BrN6O2/c20-15-9-8-14(28-15)16-24-17-11-5-1-2-6-12(11)22-19(26(17)25-16)23-13-7-3-4-10-21-18(13)27/h1-10H,(H,21,22,23,27). The van der Waals surface area contributed by atoms with Gasteiger partial charge in [0.15, 0.2) is 16.1 Å². The minimum Gasteiger partial charge on any atom is -0.446 e. The molecule has 0 saturated heterocycles. The van der Waals surface area contributed by atoms with E-state index >= 15 is 0 Å². The molecule has 9 heteroatoms. The molecule has 0 aliphatic carbocycles. The van der Waals surface area contributed by atoms with Crippen LogP contribution >= 0.6 is 15.9 Å². The van der Waals surface area contributed by atoms with Crippen LogP contribution in [-0.2, 0) is 0 Å². The Bertz CT molecular complexity index is 1390. The number of nitrogens with zero attached hydrogens (tertiary/aromatic N) is 5. The lowest BCUT2D eigenvalue weighted by Crippen LogP contribution is -2.11. The van der Waals surface area contributed by atoms with Crippen LogP contribution in [0.25, 0.3) is 28.1 Å². The fourth-order valence-corrected chi connectivity index (χ4v) is 3.15. The summed E-state index contributed by atoms with van der Waals surface area (Å²) in [5, 5.41) is 8.39. The smallest absolute Gasteiger partial charge is 0.293 e. The highest BCUT2D eigenvalue weighted by atomic mass is 79.9. The average Bonchev–Trinajstić information content (AvgIpc) is 3.28. The third-order valence-corrected chi connectivity index (χ3v) is 4.53. The molecule has 8 nitrogen and oxygen atoms in total. The van der Waals surface area contributed by atoms with E-state index in [-0.39, 0.29) is 5.69 Å². The van der Waals surface area contributed by atoms with Gasteiger partial charge in [-0.2, -0.15) is 4.52 Å². The van der Waals surface area contributed by atoms with Crippen LogP contribution in [0.5, 0.6) is 0 Å². The summed E-state index contributed by atoms with van der Waals surface area (Å²) < 4.78 is 7.72. The maximum Gasteiger partial charge on any atom is 0.293 e. The van der Waals surface area contributed by atoms with Crippen molar-refractivity contribution in [3.63, 3.8) is 0 Å². The van der Waals surface area contributed by atoms with Crippen molar-refractivity contribution in [3.05, 3.63) is 75.8 Å². The second-order valence-electron chi connectivity index (χ2n) is 5.90. The van der Waals surface area contributed by atoms with E-state index < -0.39 is 5.56 Å². The van der Waals surface area contributed by atoms with Crippen LogP contribution in [0.2, 0.25) is 0 Å². The summed E-state index contributed by atoms with van der Waals surface area (Å²) in [7, 11) is 0. The Balaban J connectivity index is 1.76. The molecule has 0 spiro atoms. The Labute approximate surface area is 166 Å². The lowest BCUT2D eigenvalue weighted by Gasteiger charge is -2.07. The van der Waals surface area contributed by atoms with Crippen LogP contribution in [0.1, 0.15) is 0 Å². The number of rotatable bonds is 3. The Hall–Kier alpha value is -3.59. The highest BCUT2D eigenvalue weighted by Gasteiger charge is 2.17. The number of furan rings is 1. The molecular formula is C19H11BrN6O2. The first-order valence-corrected chi connectivity index (χ1v) is 9.12. The van der Waals surface area contributed by atoms with Crippen LogP contribution in [0.4, 0.5) is 11.6 Å². The topological polar surface area (TPSA) is 98.2 Å². The third-order valence-electron chi connectivity index (χ3n) is 4.10. The van der Waals surface area contributed by atoms with Gasteiger partial charge < -0.3 is 9.73 Å². The minimum absolute atomic E-state index is 0.284. The summed E-state index contributed by atoms with van der Waals surface area (Å²) in [6.07, 6.45) is 1.44. The van der Waals surface area contributed by atoms with Gasteiger partial charge in [-0.25, -0.2) is 15.0 Å². The molecule has 5 aromatic rings. The maximum absolute atomic E-state index is 12.2. The van der Waals surface area contributed by atoms with Gasteiger partial charge in [0.05, 0.1) is 5.52 Å². The van der Waals surface area contributed by atoms with E-state index in [0.29, 0.717) is 27.8 Å². The van der Waals surface area contributed by atoms with Crippen molar-refractivity contribution in [3.8, 4) is 11.6 Å². The molecule has 0 amide bonds. The fourth-order valence-electron chi connectivity index (χ4n) is 2.84. The highest BCUT2D eigenvalue weighted by molar-refractivity contribution is 9.10. The molecule has 0 bridgehead atoms. The largest absolute Gasteiger partial charge is 0.446 e. The molecule has 28 heavy (non-hydrogen) atoms. The Morgan fingerprint density at radius 1 is 1.00 bits per heavy atom. The minimum atomic E-state index is -0.400. The number of nitrogens with one attached hydrogen (secondary N) is 1. The van der Waals surface area contributed by atoms with Crippen molar-refractivity contribution in [2.24, 2.45) is 0 Å². The zero-order chi connectivity index (χ0) is 19.1. The molecule has 136 valence electrons. The van der Waals surface area contributed by atoms with Gasteiger partial charge in [0, 0.05) is 11.6 Å². The normalized spacial score (nSPS) is 11.2. The van der Waals surface area contributed by atoms with E-state index in [2.05, 4.69) is 41.3 Å². The molecule has 0 radical (unpaired) electrons. The molecule has 0 aliphatic heterocycles. The number of hydrogen-bond donors (Lipinski definition) is 1. The fraction of sp³-hybridized carbons (Fsp3) is 0. The second kappa shape index (κ2) is 6.54. The van der Waals surface area contributed by atoms with E-state index in [1.807, 2.05) is 24.3 Å². The van der Waals surface area contributed by atoms with Gasteiger partial charge in [-0.3, -0.25) is 4.79 Å². The van der Waals surface area contributed by atoms with Gasteiger partial charge in [0.25, 0.3) is 5.56 Å².